The van der Waals surface area contributed by atoms with Crippen LogP contribution in [0.2, 0.25) is 0 Å². The fourth-order valence-corrected chi connectivity index (χ4v) is 3.52. The number of benzene rings is 1. The molecule has 2 aromatic heterocycles. The molecule has 4 rings (SSSR count). The molecule has 0 saturated carbocycles. The first-order valence-corrected chi connectivity index (χ1v) is 9.84. The highest BCUT2D eigenvalue weighted by molar-refractivity contribution is 7.92. The first-order chi connectivity index (χ1) is 13.8. The van der Waals surface area contributed by atoms with Crippen LogP contribution in [0.4, 0.5) is 5.82 Å². The third-order valence-electron chi connectivity index (χ3n) is 4.72. The summed E-state index contributed by atoms with van der Waals surface area (Å²) in [7, 11) is 0. The zero-order valence-corrected chi connectivity index (χ0v) is 16.0. The third kappa shape index (κ3) is 4.10. The van der Waals surface area contributed by atoms with E-state index in [1.807, 2.05) is 22.8 Å². The number of fused-ring (bicyclic) bond motifs is 1. The summed E-state index contributed by atoms with van der Waals surface area (Å²) in [6.07, 6.45) is 3.02. The van der Waals surface area contributed by atoms with Gasteiger partial charge in [0.1, 0.15) is 18.7 Å². The molecule has 3 heterocycles. The lowest BCUT2D eigenvalue weighted by molar-refractivity contribution is -0.0350. The van der Waals surface area contributed by atoms with E-state index in [2.05, 4.69) is 32.4 Å². The number of aromatic nitrogens is 4. The summed E-state index contributed by atoms with van der Waals surface area (Å²) in [4.78, 5) is 13.1. The van der Waals surface area contributed by atoms with E-state index < -0.39 is 12.2 Å². The Labute approximate surface area is 166 Å². The van der Waals surface area contributed by atoms with E-state index in [0.717, 1.165) is 25.2 Å². The summed E-state index contributed by atoms with van der Waals surface area (Å²) in [6.45, 7) is 0.949. The van der Waals surface area contributed by atoms with Crippen molar-refractivity contribution in [3.63, 3.8) is 0 Å². The Morgan fingerprint density at radius 1 is 1.29 bits per heavy atom. The van der Waals surface area contributed by atoms with Gasteiger partial charge in [-0.1, -0.05) is 30.3 Å². The molecule has 0 radical (unpaired) electrons. The molecule has 4 N–H and O–H groups in total. The Morgan fingerprint density at radius 2 is 2.14 bits per heavy atom. The molecule has 3 aromatic rings. The molecule has 9 nitrogen and oxygen atoms in total. The quantitative estimate of drug-likeness (QED) is 0.382. The second kappa shape index (κ2) is 8.84. The fraction of sp³-hybridized carbons (Fsp3) is 0.389. The van der Waals surface area contributed by atoms with Crippen LogP contribution in [0, 0.1) is 0 Å². The highest BCUT2D eigenvalue weighted by Gasteiger charge is 2.36. The molecule has 1 saturated heterocycles. The topological polar surface area (TPSA) is 120 Å². The standard InChI is InChI=1S/C18H22N6O3S/c19-28-26-9-14-13(25)8-15(27-14)24-11-23-16-17(21-10-22-18(16)24)20-7-6-12-4-2-1-3-5-12/h1-5,10-11,13-15,25H,6-9,19H2,(H,20,21,22)/t13-,14?,15+/m0/s1. The number of aliphatic hydroxyl groups excluding tert-OH is 1. The molecular formula is C18H22N6O3S. The lowest BCUT2D eigenvalue weighted by atomic mass is 10.1. The van der Waals surface area contributed by atoms with Crippen LogP contribution in [0.1, 0.15) is 18.2 Å². The van der Waals surface area contributed by atoms with E-state index in [1.165, 1.54) is 11.9 Å². The monoisotopic (exact) mass is 402 g/mol. The smallest absolute Gasteiger partial charge is 0.167 e. The molecule has 10 heteroatoms. The van der Waals surface area contributed by atoms with Crippen molar-refractivity contribution in [3.8, 4) is 0 Å². The van der Waals surface area contributed by atoms with Crippen LogP contribution in [-0.2, 0) is 15.3 Å². The van der Waals surface area contributed by atoms with Gasteiger partial charge in [-0.15, -0.1) is 0 Å². The number of rotatable bonds is 8. The van der Waals surface area contributed by atoms with Gasteiger partial charge in [-0.25, -0.2) is 15.0 Å². The van der Waals surface area contributed by atoms with Gasteiger partial charge in [0.25, 0.3) is 0 Å². The van der Waals surface area contributed by atoms with E-state index in [4.69, 9.17) is 14.1 Å². The summed E-state index contributed by atoms with van der Waals surface area (Å²) in [5.74, 6) is 0.678. The van der Waals surface area contributed by atoms with Crippen molar-refractivity contribution in [2.45, 2.75) is 31.3 Å². The van der Waals surface area contributed by atoms with Crippen LogP contribution in [0.3, 0.4) is 0 Å². The molecule has 1 aliphatic rings. The number of imidazole rings is 1. The van der Waals surface area contributed by atoms with Gasteiger partial charge in [-0.05, 0) is 12.0 Å². The Hall–Kier alpha value is -2.24. The van der Waals surface area contributed by atoms with E-state index in [1.54, 1.807) is 6.33 Å². The Balaban J connectivity index is 1.46. The number of nitrogens with two attached hydrogens (primary N) is 1. The zero-order chi connectivity index (χ0) is 19.3. The van der Waals surface area contributed by atoms with Crippen molar-refractivity contribution in [1.82, 2.24) is 19.5 Å². The van der Waals surface area contributed by atoms with E-state index in [-0.39, 0.29) is 12.8 Å². The lowest BCUT2D eigenvalue weighted by Crippen LogP contribution is -2.25. The van der Waals surface area contributed by atoms with E-state index >= 15 is 0 Å². The Bertz CT molecular complexity index is 909. The van der Waals surface area contributed by atoms with Crippen LogP contribution in [0.25, 0.3) is 11.2 Å². The number of nitrogens with one attached hydrogen (secondary N) is 1. The van der Waals surface area contributed by atoms with Crippen molar-refractivity contribution in [2.75, 3.05) is 18.5 Å². The van der Waals surface area contributed by atoms with Gasteiger partial charge in [0, 0.05) is 13.0 Å². The molecule has 28 heavy (non-hydrogen) atoms. The van der Waals surface area contributed by atoms with Gasteiger partial charge in [0.05, 0.1) is 31.3 Å². The van der Waals surface area contributed by atoms with Crippen molar-refractivity contribution < 1.29 is 14.0 Å². The van der Waals surface area contributed by atoms with Crippen LogP contribution in [0.15, 0.2) is 43.0 Å². The normalized spacial score (nSPS) is 22.0. The summed E-state index contributed by atoms with van der Waals surface area (Å²) in [6, 6.07) is 10.3. The van der Waals surface area contributed by atoms with Gasteiger partial charge in [0.2, 0.25) is 0 Å². The number of aliphatic hydroxyl groups is 1. The summed E-state index contributed by atoms with van der Waals surface area (Å²) in [5.41, 5.74) is 2.58. The van der Waals surface area contributed by atoms with Crippen molar-refractivity contribution in [2.24, 2.45) is 5.14 Å². The molecular weight excluding hydrogens is 380 g/mol. The molecule has 1 unspecified atom stereocenters. The predicted molar refractivity (Wildman–Crippen MR) is 106 cm³/mol. The summed E-state index contributed by atoms with van der Waals surface area (Å²) < 4.78 is 12.8. The van der Waals surface area contributed by atoms with Gasteiger partial charge >= 0.3 is 0 Å². The number of nitrogens with zero attached hydrogens (tertiary/aromatic N) is 4. The number of hydrogen-bond donors (Lipinski definition) is 3. The maximum absolute atomic E-state index is 10.2. The largest absolute Gasteiger partial charge is 0.390 e. The molecule has 0 amide bonds. The Morgan fingerprint density at radius 3 is 2.96 bits per heavy atom. The average Bonchev–Trinajstić information content (AvgIpc) is 3.31. The maximum Gasteiger partial charge on any atom is 0.167 e. The molecule has 1 aliphatic heterocycles. The number of hydrogen-bond acceptors (Lipinski definition) is 9. The second-order valence-corrected chi connectivity index (χ2v) is 6.95. The minimum Gasteiger partial charge on any atom is -0.390 e. The minimum absolute atomic E-state index is 0.215. The number of ether oxygens (including phenoxy) is 1. The van der Waals surface area contributed by atoms with Crippen LogP contribution < -0.4 is 10.5 Å². The molecule has 3 atom stereocenters. The van der Waals surface area contributed by atoms with E-state index in [0.29, 0.717) is 23.4 Å². The van der Waals surface area contributed by atoms with Gasteiger partial charge in [0.15, 0.2) is 17.0 Å². The highest BCUT2D eigenvalue weighted by atomic mass is 32.2. The molecule has 1 fully saturated rings. The minimum atomic E-state index is -0.639. The lowest BCUT2D eigenvalue weighted by Gasteiger charge is -2.15. The van der Waals surface area contributed by atoms with Crippen molar-refractivity contribution in [3.05, 3.63) is 48.5 Å². The maximum atomic E-state index is 10.2. The molecule has 148 valence electrons. The SMILES string of the molecule is NSOCC1O[C@@H](n2cnc3c(NCCc4ccccc4)ncnc32)C[C@@H]1O. The summed E-state index contributed by atoms with van der Waals surface area (Å²) in [5, 5.41) is 18.8. The first kappa shape index (κ1) is 19.1. The zero-order valence-electron chi connectivity index (χ0n) is 15.1. The van der Waals surface area contributed by atoms with Gasteiger partial charge < -0.3 is 15.2 Å². The Kier molecular flexibility index (Phi) is 6.03. The first-order valence-electron chi connectivity index (χ1n) is 9.03. The van der Waals surface area contributed by atoms with Gasteiger partial charge in [-0.2, -0.15) is 0 Å². The molecule has 0 aliphatic carbocycles. The third-order valence-corrected chi connectivity index (χ3v) is 4.99. The fourth-order valence-electron chi connectivity index (χ4n) is 3.30. The van der Waals surface area contributed by atoms with Crippen LogP contribution in [0.5, 0.6) is 0 Å². The van der Waals surface area contributed by atoms with Crippen molar-refractivity contribution in [1.29, 1.82) is 0 Å². The summed E-state index contributed by atoms with van der Waals surface area (Å²) >= 11 is 0.761. The van der Waals surface area contributed by atoms with E-state index in [9.17, 15) is 5.11 Å². The molecule has 0 spiro atoms. The second-order valence-electron chi connectivity index (χ2n) is 6.52. The molecule has 1 aromatic carbocycles. The average molecular weight is 402 g/mol. The number of anilines is 1. The van der Waals surface area contributed by atoms with Crippen LogP contribution >= 0.6 is 12.2 Å². The highest BCUT2D eigenvalue weighted by Crippen LogP contribution is 2.32. The van der Waals surface area contributed by atoms with Crippen molar-refractivity contribution >= 4 is 29.2 Å². The van der Waals surface area contributed by atoms with Gasteiger partial charge in [-0.3, -0.25) is 13.9 Å². The molecule has 0 bridgehead atoms. The van der Waals surface area contributed by atoms with Crippen LogP contribution in [-0.4, -0.2) is 50.0 Å². The predicted octanol–water partition coefficient (Wildman–Crippen LogP) is 1.67.